The summed E-state index contributed by atoms with van der Waals surface area (Å²) in [5, 5.41) is 8.72. The van der Waals surface area contributed by atoms with Gasteiger partial charge in [0.05, 0.1) is 0 Å². The van der Waals surface area contributed by atoms with Gasteiger partial charge in [-0.05, 0) is 74.1 Å². The van der Waals surface area contributed by atoms with Crippen LogP contribution in [0.15, 0.2) is 65.7 Å². The summed E-state index contributed by atoms with van der Waals surface area (Å²) >= 11 is 0. The Labute approximate surface area is 232 Å². The maximum atomic E-state index is 12.5. The van der Waals surface area contributed by atoms with E-state index in [0.717, 1.165) is 43.0 Å². The zero-order valence-electron chi connectivity index (χ0n) is 22.8. The van der Waals surface area contributed by atoms with Crippen LogP contribution in [-0.2, 0) is 22.7 Å². The molecule has 210 valence electrons. The van der Waals surface area contributed by atoms with Gasteiger partial charge in [0.25, 0.3) is 0 Å². The van der Waals surface area contributed by atoms with Crippen molar-refractivity contribution in [3.8, 4) is 0 Å². The van der Waals surface area contributed by atoms with Crippen molar-refractivity contribution in [1.29, 1.82) is 0 Å². The van der Waals surface area contributed by atoms with Gasteiger partial charge in [-0.1, -0.05) is 79.9 Å². The van der Waals surface area contributed by atoms with Crippen LogP contribution >= 0.6 is 0 Å². The van der Waals surface area contributed by atoms with Crippen LogP contribution in [0, 0.1) is 11.3 Å². The Bertz CT molecular complexity index is 989. The monoisotopic (exact) mass is 534 g/mol. The summed E-state index contributed by atoms with van der Waals surface area (Å²) < 4.78 is 10.7. The maximum Gasteiger partial charge on any atom is 0.414 e. The number of alkyl carbamates (subject to hydrolysis) is 2. The van der Waals surface area contributed by atoms with Gasteiger partial charge in [-0.15, -0.1) is 0 Å². The molecule has 0 aromatic heterocycles. The van der Waals surface area contributed by atoms with Crippen LogP contribution < -0.4 is 16.0 Å². The zero-order valence-corrected chi connectivity index (χ0v) is 22.8. The molecule has 0 radical (unpaired) electrons. The average Bonchev–Trinajstić information content (AvgIpc) is 2.99. The van der Waals surface area contributed by atoms with E-state index in [9.17, 15) is 9.59 Å². The normalized spacial score (nSPS) is 17.0. The number of nitrogens with zero attached hydrogens (tertiary/aromatic N) is 1. The molecular formula is C31H42N4O4. The smallest absolute Gasteiger partial charge is 0.414 e. The lowest BCUT2D eigenvalue weighted by atomic mass is 9.62. The molecule has 1 aliphatic heterocycles. The van der Waals surface area contributed by atoms with Crippen molar-refractivity contribution in [2.24, 2.45) is 16.3 Å². The molecule has 8 heteroatoms. The molecule has 39 heavy (non-hydrogen) atoms. The number of piperidine rings is 1. The first-order valence-electron chi connectivity index (χ1n) is 14.3. The predicted molar refractivity (Wildman–Crippen MR) is 152 cm³/mol. The molecule has 2 amide bonds. The van der Waals surface area contributed by atoms with E-state index >= 15 is 0 Å². The van der Waals surface area contributed by atoms with Gasteiger partial charge < -0.3 is 14.8 Å². The molecule has 2 fully saturated rings. The van der Waals surface area contributed by atoms with Crippen LogP contribution in [-0.4, -0.2) is 37.8 Å². The van der Waals surface area contributed by atoms with E-state index in [-0.39, 0.29) is 19.2 Å². The van der Waals surface area contributed by atoms with Crippen molar-refractivity contribution in [3.63, 3.8) is 0 Å². The quantitative estimate of drug-likeness (QED) is 0.210. The lowest BCUT2D eigenvalue weighted by Crippen LogP contribution is -2.44. The Kier molecular flexibility index (Phi) is 11.2. The fourth-order valence-corrected chi connectivity index (χ4v) is 5.95. The van der Waals surface area contributed by atoms with Gasteiger partial charge in [0, 0.05) is 6.54 Å². The van der Waals surface area contributed by atoms with Gasteiger partial charge in [-0.25, -0.2) is 9.59 Å². The predicted octanol–water partition coefficient (Wildman–Crippen LogP) is 5.93. The van der Waals surface area contributed by atoms with Crippen molar-refractivity contribution in [2.45, 2.75) is 71.0 Å². The van der Waals surface area contributed by atoms with E-state index in [0.29, 0.717) is 12.0 Å². The third kappa shape index (κ3) is 9.39. The number of rotatable bonds is 9. The molecule has 8 nitrogen and oxygen atoms in total. The Morgan fingerprint density at radius 2 is 1.36 bits per heavy atom. The van der Waals surface area contributed by atoms with Crippen molar-refractivity contribution < 1.29 is 19.1 Å². The number of benzene rings is 2. The van der Waals surface area contributed by atoms with Crippen LogP contribution in [0.4, 0.5) is 9.59 Å². The summed E-state index contributed by atoms with van der Waals surface area (Å²) in [5.74, 6) is 0.831. The third-order valence-corrected chi connectivity index (χ3v) is 8.04. The number of hydrogen-bond donors (Lipinski definition) is 3. The van der Waals surface area contributed by atoms with Crippen LogP contribution in [0.1, 0.15) is 68.9 Å². The van der Waals surface area contributed by atoms with E-state index in [1.807, 2.05) is 60.7 Å². The first-order chi connectivity index (χ1) is 19.1. The number of guanidine groups is 1. The number of amides is 2. The minimum Gasteiger partial charge on any atom is -0.444 e. The molecule has 1 saturated carbocycles. The number of nitrogens with one attached hydrogen (secondary N) is 3. The SMILES string of the molecule is O=C(NC(=NCCCC1(C2CCCCC2)CCNCC1)NC(=O)OCc1ccccc1)OCc1ccccc1. The van der Waals surface area contributed by atoms with Gasteiger partial charge in [-0.2, -0.15) is 0 Å². The topological polar surface area (TPSA) is 101 Å². The third-order valence-electron chi connectivity index (χ3n) is 8.04. The number of ether oxygens (including phenoxy) is 2. The van der Waals surface area contributed by atoms with Crippen molar-refractivity contribution in [1.82, 2.24) is 16.0 Å². The van der Waals surface area contributed by atoms with E-state index in [1.165, 1.54) is 44.9 Å². The summed E-state index contributed by atoms with van der Waals surface area (Å²) in [4.78, 5) is 29.6. The molecular weight excluding hydrogens is 492 g/mol. The molecule has 0 atom stereocenters. The van der Waals surface area contributed by atoms with Crippen molar-refractivity contribution in [2.75, 3.05) is 19.6 Å². The van der Waals surface area contributed by atoms with Gasteiger partial charge in [-0.3, -0.25) is 15.6 Å². The highest BCUT2D eigenvalue weighted by Crippen LogP contribution is 2.47. The molecule has 2 aromatic rings. The zero-order chi connectivity index (χ0) is 27.2. The number of aliphatic imine (C=N–C) groups is 1. The van der Waals surface area contributed by atoms with E-state index in [4.69, 9.17) is 9.47 Å². The van der Waals surface area contributed by atoms with Gasteiger partial charge in [0.2, 0.25) is 5.96 Å². The summed E-state index contributed by atoms with van der Waals surface area (Å²) in [6.45, 7) is 2.89. The average molecular weight is 535 g/mol. The molecule has 1 aliphatic carbocycles. The molecule has 1 saturated heterocycles. The van der Waals surface area contributed by atoms with Crippen molar-refractivity contribution in [3.05, 3.63) is 71.8 Å². The van der Waals surface area contributed by atoms with Crippen LogP contribution in [0.3, 0.4) is 0 Å². The highest BCUT2D eigenvalue weighted by atomic mass is 16.6. The fourth-order valence-electron chi connectivity index (χ4n) is 5.95. The van der Waals surface area contributed by atoms with E-state index < -0.39 is 12.2 Å². The first kappa shape index (κ1) is 28.6. The summed E-state index contributed by atoms with van der Waals surface area (Å²) in [7, 11) is 0. The highest BCUT2D eigenvalue weighted by Gasteiger charge is 2.39. The summed E-state index contributed by atoms with van der Waals surface area (Å²) in [6, 6.07) is 18.9. The second kappa shape index (κ2) is 15.3. The van der Waals surface area contributed by atoms with Crippen molar-refractivity contribution >= 4 is 18.1 Å². The maximum absolute atomic E-state index is 12.5. The molecule has 2 aromatic carbocycles. The van der Waals surface area contributed by atoms with E-state index in [2.05, 4.69) is 20.9 Å². The van der Waals surface area contributed by atoms with Gasteiger partial charge in [0.15, 0.2) is 0 Å². The van der Waals surface area contributed by atoms with Gasteiger partial charge in [0.1, 0.15) is 13.2 Å². The Hall–Kier alpha value is -3.39. The lowest BCUT2D eigenvalue weighted by Gasteiger charge is -2.46. The molecule has 1 heterocycles. The second-order valence-corrected chi connectivity index (χ2v) is 10.7. The van der Waals surface area contributed by atoms with Crippen LogP contribution in [0.25, 0.3) is 0 Å². The molecule has 4 rings (SSSR count). The summed E-state index contributed by atoms with van der Waals surface area (Å²) in [5.41, 5.74) is 2.11. The molecule has 0 spiro atoms. The Morgan fingerprint density at radius 1 is 0.821 bits per heavy atom. The van der Waals surface area contributed by atoms with Crippen LogP contribution in [0.2, 0.25) is 0 Å². The Morgan fingerprint density at radius 3 is 1.90 bits per heavy atom. The number of carbonyl (C=O) groups is 2. The standard InChI is InChI=1S/C31H42N4O4/c36-29(38-23-25-11-4-1-5-12-25)34-28(35-30(37)39-24-26-13-6-2-7-14-26)33-20-10-17-31(18-21-32-22-19-31)27-15-8-3-9-16-27/h1-2,4-7,11-14,27,32H,3,8-10,15-24H2,(H2,33,34,35,36,37). The molecule has 2 aliphatic rings. The largest absolute Gasteiger partial charge is 0.444 e. The minimum absolute atomic E-state index is 0.0446. The lowest BCUT2D eigenvalue weighted by molar-refractivity contribution is 0.0634. The second-order valence-electron chi connectivity index (χ2n) is 10.7. The fraction of sp³-hybridized carbons (Fsp3) is 0.516. The van der Waals surface area contributed by atoms with Crippen LogP contribution in [0.5, 0.6) is 0 Å². The highest BCUT2D eigenvalue weighted by molar-refractivity contribution is 6.01. The first-order valence-corrected chi connectivity index (χ1v) is 14.3. The minimum atomic E-state index is -0.682. The van der Waals surface area contributed by atoms with Gasteiger partial charge >= 0.3 is 12.2 Å². The number of carbonyl (C=O) groups excluding carboxylic acids is 2. The molecule has 3 N–H and O–H groups in total. The number of hydrogen-bond acceptors (Lipinski definition) is 6. The molecule has 0 unspecified atom stereocenters. The van der Waals surface area contributed by atoms with E-state index in [1.54, 1.807) is 0 Å². The Balaban J connectivity index is 1.33. The molecule has 0 bridgehead atoms. The summed E-state index contributed by atoms with van der Waals surface area (Å²) in [6.07, 6.45) is 9.75.